The second-order valence-corrected chi connectivity index (χ2v) is 17.4. The minimum atomic E-state index is 0.201. The molecular weight excluding hydrogens is 603 g/mol. The number of para-hydroxylation sites is 3. The third-order valence-electron chi connectivity index (χ3n) is 15.2. The number of fused-ring (bicyclic) bond motifs is 6. The van der Waals surface area contributed by atoms with Crippen molar-refractivity contribution < 1.29 is 0 Å². The molecule has 12 rings (SSSR count). The van der Waals surface area contributed by atoms with Gasteiger partial charge in [0.05, 0.1) is 0 Å². The maximum Gasteiger partial charge on any atom is 0.252 e. The van der Waals surface area contributed by atoms with E-state index in [0.29, 0.717) is 16.7 Å². The molecule has 2 aliphatic heterocycles. The van der Waals surface area contributed by atoms with Crippen LogP contribution in [0.3, 0.4) is 0 Å². The van der Waals surface area contributed by atoms with Crippen molar-refractivity contribution in [3.8, 4) is 0 Å². The molecule has 0 amide bonds. The summed E-state index contributed by atoms with van der Waals surface area (Å²) in [6.07, 6.45) is 15.5. The largest absolute Gasteiger partial charge is 0.311 e. The number of rotatable bonds is 4. The van der Waals surface area contributed by atoms with Gasteiger partial charge < -0.3 is 9.80 Å². The van der Waals surface area contributed by atoms with Gasteiger partial charge in [0.1, 0.15) is 0 Å². The summed E-state index contributed by atoms with van der Waals surface area (Å²) in [6, 6.07) is 44.9. The molecule has 3 heteroatoms. The lowest BCUT2D eigenvalue weighted by atomic mass is 9.33. The predicted octanol–water partition coefficient (Wildman–Crippen LogP) is 10.3. The Balaban J connectivity index is 1.13. The van der Waals surface area contributed by atoms with Gasteiger partial charge in [-0.05, 0) is 162 Å². The highest BCUT2D eigenvalue weighted by atomic mass is 15.2. The number of benzene rings is 5. The van der Waals surface area contributed by atoms with Crippen molar-refractivity contribution in [1.29, 1.82) is 0 Å². The Bertz CT molecular complexity index is 2150. The summed E-state index contributed by atoms with van der Waals surface area (Å²) in [5, 5.41) is 0. The van der Waals surface area contributed by atoms with Crippen molar-refractivity contribution in [2.24, 2.45) is 23.2 Å². The fourth-order valence-corrected chi connectivity index (χ4v) is 13.4. The maximum atomic E-state index is 2.74. The van der Waals surface area contributed by atoms with Gasteiger partial charge in [-0.25, -0.2) is 0 Å². The Labute approximate surface area is 297 Å². The second-order valence-electron chi connectivity index (χ2n) is 17.4. The summed E-state index contributed by atoms with van der Waals surface area (Å²) < 4.78 is 0. The SMILES string of the molecule is c1ccc(N2c3ccccc3B3c4cc(C56CC7CC8CC(C5)C8(C7)C6)ccc4N(c4ccccc4)c4cc(C5CCCCC5)cc2c43)cc1. The molecular formula is C47H45BN2. The molecule has 1 spiro atoms. The Morgan fingerprint density at radius 3 is 1.98 bits per heavy atom. The van der Waals surface area contributed by atoms with Gasteiger partial charge in [0.25, 0.3) is 6.71 Å². The molecule has 5 saturated carbocycles. The topological polar surface area (TPSA) is 6.48 Å². The van der Waals surface area contributed by atoms with Crippen LogP contribution in [0.4, 0.5) is 34.1 Å². The smallest absolute Gasteiger partial charge is 0.252 e. The summed E-state index contributed by atoms with van der Waals surface area (Å²) in [7, 11) is 0. The van der Waals surface area contributed by atoms with E-state index < -0.39 is 0 Å². The van der Waals surface area contributed by atoms with Gasteiger partial charge in [0, 0.05) is 34.1 Å². The number of nitrogens with zero attached hydrogens (tertiary/aromatic N) is 2. The summed E-state index contributed by atoms with van der Waals surface area (Å²) in [4.78, 5) is 5.24. The van der Waals surface area contributed by atoms with Crippen LogP contribution in [0.15, 0.2) is 115 Å². The van der Waals surface area contributed by atoms with Crippen molar-refractivity contribution >= 4 is 57.2 Å². The zero-order chi connectivity index (χ0) is 32.6. The van der Waals surface area contributed by atoms with E-state index in [1.165, 1.54) is 127 Å². The lowest BCUT2D eigenvalue weighted by Gasteiger charge is -2.49. The standard InChI is InChI=1S/C47H45BN2/c1-4-12-32(13-5-1)33-23-43-45-44(24-33)50(38-16-8-3-9-17-38)42-21-20-34(46-27-31-22-35-25-36(29-46)47(35,28-31)30-46)26-40(42)48(45)39-18-10-11-19-41(39)49(43)37-14-6-2-7-15-37/h2-3,6-11,14-21,23-24,26,31-32,35-36H,1,4-5,12-13,22,25,27-30H2. The van der Waals surface area contributed by atoms with Crippen molar-refractivity contribution in [2.75, 3.05) is 9.80 Å². The highest BCUT2D eigenvalue weighted by molar-refractivity contribution is 7.00. The predicted molar refractivity (Wildman–Crippen MR) is 209 cm³/mol. The van der Waals surface area contributed by atoms with E-state index in [-0.39, 0.29) is 6.71 Å². The second kappa shape index (κ2) is 10.2. The van der Waals surface area contributed by atoms with Gasteiger partial charge in [0.2, 0.25) is 0 Å². The molecule has 5 fully saturated rings. The molecule has 5 aromatic rings. The minimum absolute atomic E-state index is 0.201. The van der Waals surface area contributed by atoms with Crippen LogP contribution in [0.25, 0.3) is 0 Å². The minimum Gasteiger partial charge on any atom is -0.311 e. The number of hydrogen-bond acceptors (Lipinski definition) is 2. The average Bonchev–Trinajstić information content (AvgIpc) is 3.49. The molecule has 0 N–H and O–H groups in total. The molecule has 5 aromatic carbocycles. The fourth-order valence-electron chi connectivity index (χ4n) is 13.4. The van der Waals surface area contributed by atoms with Crippen LogP contribution in [0.5, 0.6) is 0 Å². The summed E-state index contributed by atoms with van der Waals surface area (Å²) in [5.74, 6) is 3.55. The first-order valence-electron chi connectivity index (χ1n) is 19.8. The Hall–Kier alpha value is -4.24. The Morgan fingerprint density at radius 1 is 0.560 bits per heavy atom. The van der Waals surface area contributed by atoms with Crippen LogP contribution in [0.2, 0.25) is 0 Å². The summed E-state index contributed by atoms with van der Waals surface area (Å²) >= 11 is 0. The zero-order valence-electron chi connectivity index (χ0n) is 29.0. The van der Waals surface area contributed by atoms with E-state index in [0.717, 1.165) is 17.8 Å². The molecule has 50 heavy (non-hydrogen) atoms. The highest BCUT2D eigenvalue weighted by Gasteiger charge is 2.71. The molecule has 0 radical (unpaired) electrons. The van der Waals surface area contributed by atoms with Gasteiger partial charge in [0.15, 0.2) is 0 Å². The van der Waals surface area contributed by atoms with Crippen LogP contribution in [0.1, 0.15) is 87.7 Å². The van der Waals surface area contributed by atoms with E-state index in [9.17, 15) is 0 Å². The normalized spacial score (nSPS) is 29.7. The van der Waals surface area contributed by atoms with Gasteiger partial charge in [-0.1, -0.05) is 86.0 Å². The van der Waals surface area contributed by atoms with Crippen LogP contribution in [-0.2, 0) is 5.41 Å². The Kier molecular flexibility index (Phi) is 5.80. The van der Waals surface area contributed by atoms with E-state index in [1.54, 1.807) is 5.56 Å². The van der Waals surface area contributed by atoms with Crippen molar-refractivity contribution in [3.05, 3.63) is 126 Å². The zero-order valence-corrected chi connectivity index (χ0v) is 29.0. The molecule has 5 aliphatic carbocycles. The van der Waals surface area contributed by atoms with Crippen molar-refractivity contribution in [3.63, 3.8) is 0 Å². The summed E-state index contributed by atoms with van der Waals surface area (Å²) in [6.45, 7) is 0.201. The first kappa shape index (κ1) is 28.5. The van der Waals surface area contributed by atoms with Gasteiger partial charge in [-0.2, -0.15) is 0 Å². The van der Waals surface area contributed by atoms with E-state index in [1.807, 2.05) is 0 Å². The molecule has 246 valence electrons. The molecule has 2 heterocycles. The quantitative estimate of drug-likeness (QED) is 0.175. The maximum absolute atomic E-state index is 2.74. The van der Waals surface area contributed by atoms with E-state index >= 15 is 0 Å². The first-order valence-corrected chi connectivity index (χ1v) is 19.8. The number of hydrogen-bond donors (Lipinski definition) is 0. The van der Waals surface area contributed by atoms with E-state index in [4.69, 9.17) is 0 Å². The van der Waals surface area contributed by atoms with Crippen LogP contribution in [-0.4, -0.2) is 6.71 Å². The summed E-state index contributed by atoms with van der Waals surface area (Å²) in [5.41, 5.74) is 16.6. The van der Waals surface area contributed by atoms with Crippen molar-refractivity contribution in [2.45, 2.75) is 82.0 Å². The van der Waals surface area contributed by atoms with Crippen molar-refractivity contribution in [1.82, 2.24) is 0 Å². The molecule has 7 aliphatic rings. The third-order valence-corrected chi connectivity index (χ3v) is 15.2. The van der Waals surface area contributed by atoms with Gasteiger partial charge in [-0.3, -0.25) is 0 Å². The highest BCUT2D eigenvalue weighted by Crippen LogP contribution is 2.79. The molecule has 0 aromatic heterocycles. The molecule has 0 saturated heterocycles. The van der Waals surface area contributed by atoms with Gasteiger partial charge >= 0.3 is 0 Å². The first-order chi connectivity index (χ1) is 24.7. The Morgan fingerprint density at radius 2 is 1.24 bits per heavy atom. The molecule has 3 bridgehead atoms. The van der Waals surface area contributed by atoms with Gasteiger partial charge in [-0.15, -0.1) is 0 Å². The lowest BCUT2D eigenvalue weighted by Crippen LogP contribution is -2.61. The molecule has 2 nitrogen and oxygen atoms in total. The van der Waals surface area contributed by atoms with Crippen LogP contribution < -0.4 is 26.2 Å². The average molecular weight is 649 g/mol. The third kappa shape index (κ3) is 3.72. The fraction of sp³-hybridized carbons (Fsp3) is 0.362. The van der Waals surface area contributed by atoms with E-state index in [2.05, 4.69) is 125 Å². The van der Waals surface area contributed by atoms with Crippen LogP contribution in [0, 0.1) is 23.2 Å². The molecule has 5 atom stereocenters. The van der Waals surface area contributed by atoms with Crippen LogP contribution >= 0.6 is 0 Å². The number of anilines is 6. The lowest BCUT2D eigenvalue weighted by molar-refractivity contribution is -0.000159. The molecule has 5 unspecified atom stereocenters. The monoisotopic (exact) mass is 648 g/mol.